The third-order valence-electron chi connectivity index (χ3n) is 5.94. The Morgan fingerprint density at radius 1 is 1.16 bits per heavy atom. The Bertz CT molecular complexity index is 1520. The number of pyridine rings is 2. The SMILES string of the molecule is CC1CCCC(n2ccc(OS(=O)(=O)C(F)(F)F)cc2=O)c2cc(ccn2)-c2c(cnn2C(F)F)NC1=O. The quantitative estimate of drug-likeness (QED) is 0.289. The molecule has 3 aromatic heterocycles. The molecular formula is C22H20F5N5O5S. The molecule has 2 bridgehead atoms. The number of halogens is 5. The summed E-state index contributed by atoms with van der Waals surface area (Å²) in [6.45, 7) is -1.39. The first kappa shape index (κ1) is 27.2. The number of alkyl halides is 5. The van der Waals surface area contributed by atoms with Gasteiger partial charge in [0.05, 0.1) is 29.3 Å². The standard InChI is InChI=1S/C22H20F5N5O5S/c1-12-3-2-4-17(31-8-6-14(10-18(31)33)37-38(35,36)22(25,26)27)15-9-13(5-7-28-15)19-16(30-20(12)34)11-29-32(19)21(23)24/h5-12,17,21H,2-4H2,1H3,(H,30,34). The zero-order chi connectivity index (χ0) is 27.8. The molecule has 0 spiro atoms. The van der Waals surface area contributed by atoms with E-state index in [9.17, 15) is 40.0 Å². The van der Waals surface area contributed by atoms with Crippen LogP contribution in [0.2, 0.25) is 0 Å². The van der Waals surface area contributed by atoms with E-state index < -0.39 is 51.4 Å². The average molecular weight is 561 g/mol. The molecule has 38 heavy (non-hydrogen) atoms. The minimum Gasteiger partial charge on any atom is -0.376 e. The number of nitrogens with zero attached hydrogens (tertiary/aromatic N) is 4. The van der Waals surface area contributed by atoms with E-state index in [1.165, 1.54) is 18.3 Å². The van der Waals surface area contributed by atoms with Crippen LogP contribution >= 0.6 is 0 Å². The summed E-state index contributed by atoms with van der Waals surface area (Å²) in [5.74, 6) is -1.80. The Morgan fingerprint density at radius 2 is 1.89 bits per heavy atom. The van der Waals surface area contributed by atoms with Gasteiger partial charge in [0.25, 0.3) is 5.56 Å². The summed E-state index contributed by atoms with van der Waals surface area (Å²) in [6, 6.07) is 3.49. The van der Waals surface area contributed by atoms with Crippen LogP contribution in [-0.2, 0) is 14.9 Å². The highest BCUT2D eigenvalue weighted by Gasteiger charge is 2.48. The van der Waals surface area contributed by atoms with Crippen LogP contribution in [0.25, 0.3) is 11.3 Å². The van der Waals surface area contributed by atoms with Crippen LogP contribution in [0.15, 0.2) is 47.7 Å². The molecule has 0 saturated carbocycles. The van der Waals surface area contributed by atoms with Gasteiger partial charge in [-0.05, 0) is 31.0 Å². The number of hydrogen-bond acceptors (Lipinski definition) is 7. The van der Waals surface area contributed by atoms with E-state index in [0.29, 0.717) is 23.6 Å². The number of nitrogens with one attached hydrogen (secondary N) is 1. The maximum absolute atomic E-state index is 13.7. The molecule has 3 aromatic rings. The lowest BCUT2D eigenvalue weighted by molar-refractivity contribution is -0.119. The number of anilines is 1. The zero-order valence-corrected chi connectivity index (χ0v) is 20.3. The lowest BCUT2D eigenvalue weighted by atomic mass is 9.97. The lowest BCUT2D eigenvalue weighted by Crippen LogP contribution is -2.30. The normalized spacial score (nSPS) is 18.8. The van der Waals surface area contributed by atoms with Crippen molar-refractivity contribution in [3.05, 3.63) is 58.9 Å². The van der Waals surface area contributed by atoms with Gasteiger partial charge in [-0.2, -0.15) is 35.5 Å². The summed E-state index contributed by atoms with van der Waals surface area (Å²) in [4.78, 5) is 29.8. The van der Waals surface area contributed by atoms with Crippen molar-refractivity contribution in [3.63, 3.8) is 0 Å². The second kappa shape index (κ2) is 10.2. The van der Waals surface area contributed by atoms with Gasteiger partial charge in [-0.15, -0.1) is 0 Å². The largest absolute Gasteiger partial charge is 0.534 e. The zero-order valence-electron chi connectivity index (χ0n) is 19.5. The molecule has 204 valence electrons. The van der Waals surface area contributed by atoms with E-state index in [4.69, 9.17) is 0 Å². The number of amides is 1. The maximum Gasteiger partial charge on any atom is 0.534 e. The van der Waals surface area contributed by atoms with Crippen molar-refractivity contribution in [2.24, 2.45) is 5.92 Å². The van der Waals surface area contributed by atoms with Crippen molar-refractivity contribution in [1.82, 2.24) is 19.3 Å². The molecule has 0 radical (unpaired) electrons. The summed E-state index contributed by atoms with van der Waals surface area (Å²) in [6.07, 6.45) is 4.46. The summed E-state index contributed by atoms with van der Waals surface area (Å²) in [5.41, 5.74) is -6.14. The minimum absolute atomic E-state index is 0.0565. The summed E-state index contributed by atoms with van der Waals surface area (Å²) < 4.78 is 93.6. The van der Waals surface area contributed by atoms with Crippen LogP contribution in [0.1, 0.15) is 44.5 Å². The molecule has 2 unspecified atom stereocenters. The number of hydrogen-bond donors (Lipinski definition) is 1. The Kier molecular flexibility index (Phi) is 7.27. The van der Waals surface area contributed by atoms with Crippen molar-refractivity contribution < 1.29 is 39.3 Å². The molecule has 1 N–H and O–H groups in total. The minimum atomic E-state index is -5.99. The highest BCUT2D eigenvalue weighted by atomic mass is 32.2. The smallest absolute Gasteiger partial charge is 0.376 e. The molecule has 1 aliphatic heterocycles. The van der Waals surface area contributed by atoms with Crippen molar-refractivity contribution in [2.45, 2.75) is 44.3 Å². The van der Waals surface area contributed by atoms with E-state index in [-0.39, 0.29) is 29.1 Å². The fourth-order valence-corrected chi connectivity index (χ4v) is 4.51. The predicted molar refractivity (Wildman–Crippen MR) is 123 cm³/mol. The van der Waals surface area contributed by atoms with Gasteiger partial charge < -0.3 is 14.1 Å². The Hall–Kier alpha value is -3.82. The second-order valence-corrected chi connectivity index (χ2v) is 10.1. The van der Waals surface area contributed by atoms with Crippen LogP contribution in [-0.4, -0.2) is 39.2 Å². The van der Waals surface area contributed by atoms with Crippen molar-refractivity contribution in [3.8, 4) is 17.0 Å². The molecule has 10 nitrogen and oxygen atoms in total. The van der Waals surface area contributed by atoms with Crippen LogP contribution in [0, 0.1) is 5.92 Å². The first-order chi connectivity index (χ1) is 17.8. The predicted octanol–water partition coefficient (Wildman–Crippen LogP) is 4.08. The number of rotatable bonds is 4. The summed E-state index contributed by atoms with van der Waals surface area (Å²) >= 11 is 0. The molecule has 16 heteroatoms. The maximum atomic E-state index is 13.7. The van der Waals surface area contributed by atoms with Crippen LogP contribution in [0.5, 0.6) is 5.75 Å². The van der Waals surface area contributed by atoms with Gasteiger partial charge in [0.15, 0.2) is 0 Å². The monoisotopic (exact) mass is 561 g/mol. The van der Waals surface area contributed by atoms with E-state index in [1.807, 2.05) is 0 Å². The van der Waals surface area contributed by atoms with Gasteiger partial charge in [-0.3, -0.25) is 14.6 Å². The molecule has 0 aliphatic carbocycles. The number of carbonyl (C=O) groups excluding carboxylic acids is 1. The van der Waals surface area contributed by atoms with Crippen LogP contribution in [0.4, 0.5) is 27.6 Å². The van der Waals surface area contributed by atoms with E-state index in [2.05, 4.69) is 19.6 Å². The van der Waals surface area contributed by atoms with E-state index in [0.717, 1.165) is 23.0 Å². The third-order valence-corrected chi connectivity index (χ3v) is 6.92. The molecule has 1 amide bonds. The third kappa shape index (κ3) is 5.39. The molecule has 0 saturated heterocycles. The number of fused-ring (bicyclic) bond motifs is 4. The van der Waals surface area contributed by atoms with E-state index in [1.54, 1.807) is 6.92 Å². The summed E-state index contributed by atoms with van der Waals surface area (Å²) in [7, 11) is -5.99. The highest BCUT2D eigenvalue weighted by molar-refractivity contribution is 7.88. The molecule has 2 atom stereocenters. The van der Waals surface area contributed by atoms with Gasteiger partial charge in [0, 0.05) is 29.9 Å². The molecule has 4 heterocycles. The van der Waals surface area contributed by atoms with Gasteiger partial charge >= 0.3 is 22.2 Å². The first-order valence-electron chi connectivity index (χ1n) is 11.1. The van der Waals surface area contributed by atoms with Crippen LogP contribution < -0.4 is 15.1 Å². The molecule has 1 aliphatic rings. The van der Waals surface area contributed by atoms with Crippen molar-refractivity contribution in [2.75, 3.05) is 5.32 Å². The number of carbonyl (C=O) groups is 1. The summed E-state index contributed by atoms with van der Waals surface area (Å²) in [5, 5.41) is 6.31. The molecule has 4 rings (SSSR count). The number of aromatic nitrogens is 4. The second-order valence-electron chi connectivity index (χ2n) is 8.53. The van der Waals surface area contributed by atoms with E-state index >= 15 is 0 Å². The average Bonchev–Trinajstić information content (AvgIpc) is 3.25. The van der Waals surface area contributed by atoms with Crippen molar-refractivity contribution in [1.29, 1.82) is 0 Å². The fraction of sp³-hybridized carbons (Fsp3) is 0.364. The molecule has 0 fully saturated rings. The molecule has 0 aromatic carbocycles. The first-order valence-corrected chi connectivity index (χ1v) is 12.5. The Labute approximate surface area is 212 Å². The topological polar surface area (TPSA) is 125 Å². The van der Waals surface area contributed by atoms with Crippen molar-refractivity contribution >= 4 is 21.7 Å². The lowest BCUT2D eigenvalue weighted by Gasteiger charge is -2.22. The fourth-order valence-electron chi connectivity index (χ4n) is 4.06. The Balaban J connectivity index is 1.80. The van der Waals surface area contributed by atoms with Crippen LogP contribution in [0.3, 0.4) is 0 Å². The Morgan fingerprint density at radius 3 is 2.55 bits per heavy atom. The van der Waals surface area contributed by atoms with Gasteiger partial charge in [0.1, 0.15) is 5.75 Å². The highest BCUT2D eigenvalue weighted by Crippen LogP contribution is 2.35. The van der Waals surface area contributed by atoms with Gasteiger partial charge in [0.2, 0.25) is 5.91 Å². The molecular weight excluding hydrogens is 541 g/mol. The van der Waals surface area contributed by atoms with Gasteiger partial charge in [-0.1, -0.05) is 13.3 Å². The van der Waals surface area contributed by atoms with Gasteiger partial charge in [-0.25, -0.2) is 4.68 Å².